The van der Waals surface area contributed by atoms with E-state index in [9.17, 15) is 0 Å². The van der Waals surface area contributed by atoms with Crippen molar-refractivity contribution in [3.05, 3.63) is 42.1 Å². The van der Waals surface area contributed by atoms with E-state index in [2.05, 4.69) is 34.1 Å². The summed E-state index contributed by atoms with van der Waals surface area (Å²) in [6, 6.07) is 10.8. The van der Waals surface area contributed by atoms with Crippen LogP contribution in [0.2, 0.25) is 0 Å². The van der Waals surface area contributed by atoms with Crippen LogP contribution in [0.25, 0.3) is 10.9 Å². The number of nitrogens with two attached hydrogens (primary N) is 1. The Morgan fingerprint density at radius 3 is 3.14 bits per heavy atom. The Morgan fingerprint density at radius 1 is 1.29 bits per heavy atom. The van der Waals surface area contributed by atoms with Crippen molar-refractivity contribution in [2.24, 2.45) is 5.73 Å². The summed E-state index contributed by atoms with van der Waals surface area (Å²) in [5, 5.41) is 1.14. The molecule has 2 saturated heterocycles. The number of para-hydroxylation sites is 1. The molecule has 110 valence electrons. The molecule has 3 atom stereocenters. The van der Waals surface area contributed by atoms with Crippen LogP contribution in [0.3, 0.4) is 0 Å². The van der Waals surface area contributed by atoms with Gasteiger partial charge >= 0.3 is 0 Å². The number of ether oxygens (including phenoxy) is 1. The Hall–Kier alpha value is -1.49. The van der Waals surface area contributed by atoms with E-state index in [0.717, 1.165) is 29.6 Å². The highest BCUT2D eigenvalue weighted by molar-refractivity contribution is 5.82. The SMILES string of the molecule is NC(c1cccc2cccnc12)C1CN2CCCC2CO1. The van der Waals surface area contributed by atoms with Gasteiger partial charge in [-0.15, -0.1) is 0 Å². The van der Waals surface area contributed by atoms with Crippen LogP contribution in [-0.4, -0.2) is 41.7 Å². The van der Waals surface area contributed by atoms with Crippen molar-refractivity contribution in [1.82, 2.24) is 9.88 Å². The fraction of sp³-hybridized carbons (Fsp3) is 0.471. The molecular formula is C17H21N3O. The zero-order valence-electron chi connectivity index (χ0n) is 12.1. The second-order valence-corrected chi connectivity index (χ2v) is 6.11. The molecule has 3 unspecified atom stereocenters. The lowest BCUT2D eigenvalue weighted by Gasteiger charge is -2.38. The van der Waals surface area contributed by atoms with Gasteiger partial charge in [0.1, 0.15) is 0 Å². The van der Waals surface area contributed by atoms with Crippen molar-refractivity contribution in [3.63, 3.8) is 0 Å². The van der Waals surface area contributed by atoms with Gasteiger partial charge in [0.15, 0.2) is 0 Å². The Balaban J connectivity index is 1.62. The Kier molecular flexibility index (Phi) is 3.37. The lowest BCUT2D eigenvalue weighted by Crippen LogP contribution is -2.49. The molecule has 4 rings (SSSR count). The van der Waals surface area contributed by atoms with Crippen LogP contribution >= 0.6 is 0 Å². The van der Waals surface area contributed by atoms with Gasteiger partial charge < -0.3 is 10.5 Å². The fourth-order valence-electron chi connectivity index (χ4n) is 3.66. The molecule has 0 amide bonds. The molecule has 2 fully saturated rings. The first-order chi connectivity index (χ1) is 10.3. The summed E-state index contributed by atoms with van der Waals surface area (Å²) in [5.74, 6) is 0. The van der Waals surface area contributed by atoms with Crippen molar-refractivity contribution >= 4 is 10.9 Å². The van der Waals surface area contributed by atoms with E-state index in [0.29, 0.717) is 6.04 Å². The zero-order valence-corrected chi connectivity index (χ0v) is 12.1. The predicted octanol–water partition coefficient (Wildman–Crippen LogP) is 2.10. The minimum Gasteiger partial charge on any atom is -0.373 e. The van der Waals surface area contributed by atoms with Crippen molar-refractivity contribution < 1.29 is 4.74 Å². The standard InChI is InChI=1S/C17H21N3O/c18-16(15-10-20-9-3-6-13(20)11-21-15)14-7-1-4-12-5-2-8-19-17(12)14/h1-2,4-5,7-8,13,15-16H,3,6,9-11,18H2. The topological polar surface area (TPSA) is 51.4 Å². The monoisotopic (exact) mass is 283 g/mol. The third-order valence-electron chi connectivity index (χ3n) is 4.84. The second kappa shape index (κ2) is 5.37. The van der Waals surface area contributed by atoms with Gasteiger partial charge in [0.2, 0.25) is 0 Å². The van der Waals surface area contributed by atoms with Crippen LogP contribution in [0, 0.1) is 0 Å². The van der Waals surface area contributed by atoms with Gasteiger partial charge in [0.05, 0.1) is 24.3 Å². The van der Waals surface area contributed by atoms with Gasteiger partial charge in [0, 0.05) is 24.2 Å². The summed E-state index contributed by atoms with van der Waals surface area (Å²) in [6.45, 7) is 2.94. The average molecular weight is 283 g/mol. The highest BCUT2D eigenvalue weighted by Gasteiger charge is 2.35. The normalized spacial score (nSPS) is 27.7. The van der Waals surface area contributed by atoms with Crippen LogP contribution in [0.5, 0.6) is 0 Å². The molecule has 1 aromatic carbocycles. The lowest BCUT2D eigenvalue weighted by molar-refractivity contribution is -0.0595. The molecule has 0 aliphatic carbocycles. The van der Waals surface area contributed by atoms with Crippen LogP contribution in [-0.2, 0) is 4.74 Å². The molecule has 2 N–H and O–H groups in total. The third kappa shape index (κ3) is 2.33. The molecule has 2 aliphatic heterocycles. The quantitative estimate of drug-likeness (QED) is 0.917. The van der Waals surface area contributed by atoms with Crippen molar-refractivity contribution in [1.29, 1.82) is 0 Å². The molecule has 2 aromatic rings. The van der Waals surface area contributed by atoms with E-state index in [-0.39, 0.29) is 12.1 Å². The molecule has 1 aromatic heterocycles. The number of nitrogens with zero attached hydrogens (tertiary/aromatic N) is 2. The summed E-state index contributed by atoms with van der Waals surface area (Å²) < 4.78 is 6.06. The van der Waals surface area contributed by atoms with Gasteiger partial charge in [-0.1, -0.05) is 24.3 Å². The maximum Gasteiger partial charge on any atom is 0.0895 e. The van der Waals surface area contributed by atoms with Crippen LogP contribution in [0.15, 0.2) is 36.5 Å². The first kappa shape index (κ1) is 13.2. The van der Waals surface area contributed by atoms with E-state index in [4.69, 9.17) is 10.5 Å². The molecule has 4 heteroatoms. The number of benzene rings is 1. The van der Waals surface area contributed by atoms with Gasteiger partial charge in [-0.2, -0.15) is 0 Å². The molecule has 3 heterocycles. The predicted molar refractivity (Wildman–Crippen MR) is 83.0 cm³/mol. The van der Waals surface area contributed by atoms with Crippen molar-refractivity contribution in [3.8, 4) is 0 Å². The number of aromatic nitrogens is 1. The van der Waals surface area contributed by atoms with Gasteiger partial charge in [-0.3, -0.25) is 9.88 Å². The molecule has 0 bridgehead atoms. The van der Waals surface area contributed by atoms with Gasteiger partial charge in [-0.25, -0.2) is 0 Å². The molecule has 21 heavy (non-hydrogen) atoms. The Morgan fingerprint density at radius 2 is 2.19 bits per heavy atom. The summed E-state index contributed by atoms with van der Waals surface area (Å²) >= 11 is 0. The molecule has 4 nitrogen and oxygen atoms in total. The van der Waals surface area contributed by atoms with E-state index < -0.39 is 0 Å². The minimum atomic E-state index is -0.120. The number of hydrogen-bond donors (Lipinski definition) is 1. The number of fused-ring (bicyclic) bond motifs is 2. The molecule has 0 saturated carbocycles. The molecular weight excluding hydrogens is 262 g/mol. The highest BCUT2D eigenvalue weighted by atomic mass is 16.5. The smallest absolute Gasteiger partial charge is 0.0895 e. The molecule has 0 spiro atoms. The number of pyridine rings is 1. The second-order valence-electron chi connectivity index (χ2n) is 6.11. The fourth-order valence-corrected chi connectivity index (χ4v) is 3.66. The van der Waals surface area contributed by atoms with E-state index in [1.807, 2.05) is 12.3 Å². The van der Waals surface area contributed by atoms with E-state index in [1.54, 1.807) is 0 Å². The van der Waals surface area contributed by atoms with E-state index >= 15 is 0 Å². The summed E-state index contributed by atoms with van der Waals surface area (Å²) in [4.78, 5) is 7.05. The third-order valence-corrected chi connectivity index (χ3v) is 4.84. The van der Waals surface area contributed by atoms with Crippen molar-refractivity contribution in [2.45, 2.75) is 31.0 Å². The number of hydrogen-bond acceptors (Lipinski definition) is 4. The average Bonchev–Trinajstić information content (AvgIpc) is 3.01. The van der Waals surface area contributed by atoms with E-state index in [1.165, 1.54) is 19.4 Å². The minimum absolute atomic E-state index is 0.0620. The summed E-state index contributed by atoms with van der Waals surface area (Å²) in [5.41, 5.74) is 8.62. The van der Waals surface area contributed by atoms with Crippen LogP contribution in [0.1, 0.15) is 24.4 Å². The van der Waals surface area contributed by atoms with Crippen molar-refractivity contribution in [2.75, 3.05) is 19.7 Å². The Labute approximate surface area is 124 Å². The summed E-state index contributed by atoms with van der Waals surface area (Å²) in [6.07, 6.45) is 4.44. The maximum atomic E-state index is 6.53. The largest absolute Gasteiger partial charge is 0.373 e. The van der Waals surface area contributed by atoms with Gasteiger partial charge in [-0.05, 0) is 31.0 Å². The maximum absolute atomic E-state index is 6.53. The number of morpholine rings is 1. The Bertz CT molecular complexity index is 639. The van der Waals surface area contributed by atoms with Crippen LogP contribution < -0.4 is 5.73 Å². The lowest BCUT2D eigenvalue weighted by atomic mass is 9.97. The van der Waals surface area contributed by atoms with Gasteiger partial charge in [0.25, 0.3) is 0 Å². The molecule has 0 radical (unpaired) electrons. The zero-order chi connectivity index (χ0) is 14.2. The highest BCUT2D eigenvalue weighted by Crippen LogP contribution is 2.30. The number of rotatable bonds is 2. The first-order valence-electron chi connectivity index (χ1n) is 7.78. The summed E-state index contributed by atoms with van der Waals surface area (Å²) in [7, 11) is 0. The first-order valence-corrected chi connectivity index (χ1v) is 7.78. The van der Waals surface area contributed by atoms with Crippen LogP contribution in [0.4, 0.5) is 0 Å². The molecule has 2 aliphatic rings.